The molecule has 118 valence electrons. The van der Waals surface area contributed by atoms with Gasteiger partial charge in [0.05, 0.1) is 5.52 Å². The molecule has 0 aliphatic carbocycles. The minimum atomic E-state index is 0.0912. The third-order valence-corrected chi connectivity index (χ3v) is 4.67. The zero-order valence-corrected chi connectivity index (χ0v) is 13.4. The molecule has 22 heavy (non-hydrogen) atoms. The van der Waals surface area contributed by atoms with Gasteiger partial charge in [-0.25, -0.2) is 0 Å². The number of nitrogens with zero attached hydrogens (tertiary/aromatic N) is 1. The van der Waals surface area contributed by atoms with Crippen molar-refractivity contribution >= 4 is 10.9 Å². The highest BCUT2D eigenvalue weighted by molar-refractivity contribution is 5.82. The van der Waals surface area contributed by atoms with E-state index in [1.54, 1.807) is 6.07 Å². The summed E-state index contributed by atoms with van der Waals surface area (Å²) >= 11 is 0. The quantitative estimate of drug-likeness (QED) is 0.912. The molecule has 0 bridgehead atoms. The minimum absolute atomic E-state index is 0.0912. The van der Waals surface area contributed by atoms with Crippen molar-refractivity contribution in [1.29, 1.82) is 0 Å². The summed E-state index contributed by atoms with van der Waals surface area (Å²) in [6.07, 6.45) is 3.12. The summed E-state index contributed by atoms with van der Waals surface area (Å²) in [6, 6.07) is 6.22. The van der Waals surface area contributed by atoms with E-state index in [1.807, 2.05) is 19.9 Å². The third-order valence-electron chi connectivity index (χ3n) is 4.67. The number of aryl methyl sites for hydroxylation is 2. The Hall–Kier alpha value is -1.65. The van der Waals surface area contributed by atoms with Crippen LogP contribution in [0, 0.1) is 13.8 Å². The molecule has 0 amide bonds. The number of pyridine rings is 1. The summed E-state index contributed by atoms with van der Waals surface area (Å²) < 4.78 is 0. The summed E-state index contributed by atoms with van der Waals surface area (Å²) in [4.78, 5) is 18.2. The fourth-order valence-corrected chi connectivity index (χ4v) is 3.64. The zero-order valence-electron chi connectivity index (χ0n) is 13.4. The molecule has 3 rings (SSSR count). The topological polar surface area (TPSA) is 56.3 Å². The first kappa shape index (κ1) is 15.3. The van der Waals surface area contributed by atoms with Crippen molar-refractivity contribution in [2.75, 3.05) is 13.2 Å². The first-order valence-electron chi connectivity index (χ1n) is 8.06. The fraction of sp³-hybridized carbons (Fsp3) is 0.500. The third kappa shape index (κ3) is 2.94. The second-order valence-corrected chi connectivity index (χ2v) is 6.44. The Morgan fingerprint density at radius 1 is 1.32 bits per heavy atom. The van der Waals surface area contributed by atoms with Gasteiger partial charge in [0.25, 0.3) is 0 Å². The Bertz CT molecular complexity index is 736. The van der Waals surface area contributed by atoms with Crippen LogP contribution in [0.2, 0.25) is 0 Å². The standard InChI is InChI=1S/C18H24N2O2/c1-12-8-13(2)18-16(9-12)17(22)10-14(19-18)11-20-6-3-4-15(20)5-7-21/h8-10,15,21H,3-7,11H2,1-2H3,(H,19,22)/t15-/m0/s1. The number of H-pyrrole nitrogens is 1. The Kier molecular flexibility index (Phi) is 4.32. The summed E-state index contributed by atoms with van der Waals surface area (Å²) in [6.45, 7) is 6.08. The number of nitrogens with one attached hydrogen (secondary N) is 1. The molecule has 1 aliphatic rings. The number of rotatable bonds is 4. The molecule has 0 radical (unpaired) electrons. The second kappa shape index (κ2) is 6.23. The van der Waals surface area contributed by atoms with Crippen LogP contribution in [-0.4, -0.2) is 34.2 Å². The van der Waals surface area contributed by atoms with Crippen LogP contribution >= 0.6 is 0 Å². The maximum absolute atomic E-state index is 12.4. The number of benzene rings is 1. The number of likely N-dealkylation sites (tertiary alicyclic amines) is 1. The van der Waals surface area contributed by atoms with Crippen LogP contribution in [0.1, 0.15) is 36.1 Å². The molecule has 1 fully saturated rings. The molecule has 2 heterocycles. The lowest BCUT2D eigenvalue weighted by atomic mass is 10.1. The van der Waals surface area contributed by atoms with Gasteiger partial charge in [0, 0.05) is 36.3 Å². The first-order valence-corrected chi connectivity index (χ1v) is 8.06. The minimum Gasteiger partial charge on any atom is -0.396 e. The average molecular weight is 300 g/mol. The number of aromatic nitrogens is 1. The van der Waals surface area contributed by atoms with Crippen LogP contribution < -0.4 is 5.43 Å². The number of hydrogen-bond acceptors (Lipinski definition) is 3. The Morgan fingerprint density at radius 3 is 2.91 bits per heavy atom. The van der Waals surface area contributed by atoms with Crippen molar-refractivity contribution < 1.29 is 5.11 Å². The van der Waals surface area contributed by atoms with E-state index in [-0.39, 0.29) is 12.0 Å². The molecule has 1 aromatic carbocycles. The van der Waals surface area contributed by atoms with Crippen molar-refractivity contribution in [2.24, 2.45) is 0 Å². The lowest BCUT2D eigenvalue weighted by Gasteiger charge is -2.23. The first-order chi connectivity index (χ1) is 10.6. The molecule has 2 aromatic rings. The van der Waals surface area contributed by atoms with Crippen molar-refractivity contribution in [2.45, 2.75) is 45.7 Å². The van der Waals surface area contributed by atoms with Crippen molar-refractivity contribution in [3.8, 4) is 0 Å². The molecular weight excluding hydrogens is 276 g/mol. The van der Waals surface area contributed by atoms with Gasteiger partial charge >= 0.3 is 0 Å². The van der Waals surface area contributed by atoms with E-state index in [9.17, 15) is 9.90 Å². The average Bonchev–Trinajstić information content (AvgIpc) is 2.88. The van der Waals surface area contributed by atoms with Crippen molar-refractivity contribution in [1.82, 2.24) is 9.88 Å². The smallest absolute Gasteiger partial charge is 0.189 e. The van der Waals surface area contributed by atoms with Crippen LogP contribution in [-0.2, 0) is 6.54 Å². The molecule has 2 N–H and O–H groups in total. The highest BCUT2D eigenvalue weighted by Gasteiger charge is 2.24. The lowest BCUT2D eigenvalue weighted by molar-refractivity contribution is 0.188. The highest BCUT2D eigenvalue weighted by atomic mass is 16.3. The highest BCUT2D eigenvalue weighted by Crippen LogP contribution is 2.22. The normalized spacial score (nSPS) is 19.1. The Labute approximate surface area is 130 Å². The maximum atomic E-state index is 12.4. The van der Waals surface area contributed by atoms with E-state index >= 15 is 0 Å². The molecule has 4 heteroatoms. The molecule has 1 saturated heterocycles. The van der Waals surface area contributed by atoms with Gasteiger partial charge in [-0.2, -0.15) is 0 Å². The van der Waals surface area contributed by atoms with Gasteiger partial charge in [-0.1, -0.05) is 6.07 Å². The molecule has 1 aromatic heterocycles. The predicted octanol–water partition coefficient (Wildman–Crippen LogP) is 2.49. The second-order valence-electron chi connectivity index (χ2n) is 6.44. The van der Waals surface area contributed by atoms with Crippen molar-refractivity contribution in [3.05, 3.63) is 45.2 Å². The van der Waals surface area contributed by atoms with Gasteiger partial charge in [0.15, 0.2) is 5.43 Å². The summed E-state index contributed by atoms with van der Waals surface area (Å²) in [5.74, 6) is 0. The van der Waals surface area contributed by atoms with Crippen LogP contribution in [0.5, 0.6) is 0 Å². The van der Waals surface area contributed by atoms with E-state index in [2.05, 4.69) is 16.0 Å². The molecule has 0 saturated carbocycles. The summed E-state index contributed by atoms with van der Waals surface area (Å²) in [5.41, 5.74) is 4.24. The van der Waals surface area contributed by atoms with Crippen LogP contribution in [0.3, 0.4) is 0 Å². The largest absolute Gasteiger partial charge is 0.396 e. The Morgan fingerprint density at radius 2 is 2.14 bits per heavy atom. The predicted molar refractivity (Wildman–Crippen MR) is 89.2 cm³/mol. The number of aliphatic hydroxyl groups excluding tert-OH is 1. The fourth-order valence-electron chi connectivity index (χ4n) is 3.64. The SMILES string of the molecule is Cc1cc(C)c2[nH]c(CN3CCC[C@H]3CCO)cc(=O)c2c1. The molecule has 4 nitrogen and oxygen atoms in total. The van der Waals surface area contributed by atoms with Gasteiger partial charge in [0.2, 0.25) is 0 Å². The molecule has 1 atom stereocenters. The Balaban J connectivity index is 1.93. The van der Waals surface area contributed by atoms with Crippen LogP contribution in [0.4, 0.5) is 0 Å². The number of aromatic amines is 1. The maximum Gasteiger partial charge on any atom is 0.189 e. The molecule has 0 spiro atoms. The number of fused-ring (bicyclic) bond motifs is 1. The van der Waals surface area contributed by atoms with Gasteiger partial charge in [0.1, 0.15) is 0 Å². The zero-order chi connectivity index (χ0) is 15.7. The van der Waals surface area contributed by atoms with Crippen LogP contribution in [0.15, 0.2) is 23.0 Å². The number of aliphatic hydroxyl groups is 1. The number of hydrogen-bond donors (Lipinski definition) is 2. The monoisotopic (exact) mass is 300 g/mol. The molecule has 1 aliphatic heterocycles. The van der Waals surface area contributed by atoms with E-state index in [1.165, 1.54) is 6.42 Å². The lowest BCUT2D eigenvalue weighted by Crippen LogP contribution is -2.30. The summed E-state index contributed by atoms with van der Waals surface area (Å²) in [7, 11) is 0. The van der Waals surface area contributed by atoms with Crippen LogP contribution in [0.25, 0.3) is 10.9 Å². The van der Waals surface area contributed by atoms with E-state index in [0.29, 0.717) is 6.04 Å². The van der Waals surface area contributed by atoms with E-state index in [4.69, 9.17) is 0 Å². The molecule has 0 unspecified atom stereocenters. The van der Waals surface area contributed by atoms with Gasteiger partial charge in [-0.3, -0.25) is 9.69 Å². The van der Waals surface area contributed by atoms with E-state index < -0.39 is 0 Å². The van der Waals surface area contributed by atoms with E-state index in [0.717, 1.165) is 53.7 Å². The van der Waals surface area contributed by atoms with Crippen molar-refractivity contribution in [3.63, 3.8) is 0 Å². The summed E-state index contributed by atoms with van der Waals surface area (Å²) in [5, 5.41) is 9.95. The van der Waals surface area contributed by atoms with Gasteiger partial charge in [-0.15, -0.1) is 0 Å². The van der Waals surface area contributed by atoms with Gasteiger partial charge in [-0.05, 0) is 56.8 Å². The molecular formula is C18H24N2O2. The van der Waals surface area contributed by atoms with Gasteiger partial charge < -0.3 is 10.1 Å².